The van der Waals surface area contributed by atoms with Crippen molar-refractivity contribution >= 4 is 23.5 Å². The van der Waals surface area contributed by atoms with Gasteiger partial charge >= 0.3 is 0 Å². The van der Waals surface area contributed by atoms with Gasteiger partial charge in [-0.1, -0.05) is 51.0 Å². The Morgan fingerprint density at radius 1 is 0.690 bits per heavy atom. The van der Waals surface area contributed by atoms with Gasteiger partial charge in [-0.25, -0.2) is 9.59 Å². The minimum Gasteiger partial charge on any atom is -0.396 e. The monoisotopic (exact) mass is 396 g/mol. The molecule has 2 rings (SSSR count). The highest BCUT2D eigenvalue weighted by Gasteiger charge is 2.22. The number of aliphatic hydroxyl groups is 2. The van der Waals surface area contributed by atoms with Gasteiger partial charge in [0.15, 0.2) is 0 Å². The highest BCUT2D eigenvalue weighted by atomic mass is 16.3. The van der Waals surface area contributed by atoms with Crippen molar-refractivity contribution in [3.8, 4) is 0 Å². The summed E-state index contributed by atoms with van der Waals surface area (Å²) < 4.78 is 0. The molecular formula is C23H28N2O4. The summed E-state index contributed by atoms with van der Waals surface area (Å²) >= 11 is 0. The molecule has 6 nitrogen and oxygen atoms in total. The Balaban J connectivity index is 0.000000447. The highest BCUT2D eigenvalue weighted by Crippen LogP contribution is 2.33. The van der Waals surface area contributed by atoms with Gasteiger partial charge in [-0.3, -0.25) is 0 Å². The lowest BCUT2D eigenvalue weighted by atomic mass is 9.78. The molecule has 0 aliphatic rings. The molecule has 0 heterocycles. The largest absolute Gasteiger partial charge is 0.396 e. The molecule has 0 aliphatic carbocycles. The quantitative estimate of drug-likeness (QED) is 0.371. The summed E-state index contributed by atoms with van der Waals surface area (Å²) in [6.07, 6.45) is 6.88. The first-order valence-electron chi connectivity index (χ1n) is 9.58. The number of rotatable bonds is 9. The summed E-state index contributed by atoms with van der Waals surface area (Å²) in [4.78, 5) is 27.6. The van der Waals surface area contributed by atoms with E-state index in [2.05, 4.69) is 23.8 Å². The minimum absolute atomic E-state index is 0.215. The predicted octanol–water partition coefficient (Wildman–Crippen LogP) is 4.48. The number of benzene rings is 2. The molecule has 2 N–H and O–H groups in total. The number of isocyanates is 2. The van der Waals surface area contributed by atoms with Gasteiger partial charge in [0.1, 0.15) is 0 Å². The molecule has 154 valence electrons. The molecule has 0 saturated carbocycles. The first-order valence-corrected chi connectivity index (χ1v) is 9.58. The van der Waals surface area contributed by atoms with Crippen LogP contribution in [0.3, 0.4) is 0 Å². The molecule has 0 aliphatic heterocycles. The summed E-state index contributed by atoms with van der Waals surface area (Å²) in [6.45, 7) is 4.77. The van der Waals surface area contributed by atoms with Crippen LogP contribution in [0.2, 0.25) is 0 Å². The summed E-state index contributed by atoms with van der Waals surface area (Å²) in [5.41, 5.74) is 3.14. The SMILES string of the molecule is CC(C)(c1ccc(N=C=O)cc1)c1ccc(N=C=O)cc1.OCCCCCCO. The Morgan fingerprint density at radius 2 is 1.03 bits per heavy atom. The molecule has 0 amide bonds. The van der Waals surface area contributed by atoms with Crippen LogP contribution in [0.5, 0.6) is 0 Å². The zero-order valence-electron chi connectivity index (χ0n) is 17.0. The fourth-order valence-electron chi connectivity index (χ4n) is 2.75. The Bertz CT molecular complexity index is 747. The predicted molar refractivity (Wildman–Crippen MR) is 113 cm³/mol. The second kappa shape index (κ2) is 13.3. The number of unbranched alkanes of at least 4 members (excludes halogenated alkanes) is 3. The van der Waals surface area contributed by atoms with Crippen LogP contribution in [0.25, 0.3) is 0 Å². The second-order valence-corrected chi connectivity index (χ2v) is 6.99. The number of hydrogen-bond donors (Lipinski definition) is 2. The standard InChI is InChI=1S/C17H14N2O2.C6H14O2/c1-17(2,13-3-7-15(8-4-13)18-11-20)14-5-9-16(10-6-14)19-12-21;7-5-3-1-2-4-6-8/h3-10H,1-2H3;7-8H,1-6H2. The van der Waals surface area contributed by atoms with Crippen molar-refractivity contribution in [3.63, 3.8) is 0 Å². The van der Waals surface area contributed by atoms with Gasteiger partial charge < -0.3 is 10.2 Å². The van der Waals surface area contributed by atoms with Gasteiger partial charge in [0.2, 0.25) is 12.2 Å². The second-order valence-electron chi connectivity index (χ2n) is 6.99. The smallest absolute Gasteiger partial charge is 0.240 e. The van der Waals surface area contributed by atoms with Gasteiger partial charge in [0.05, 0.1) is 11.4 Å². The van der Waals surface area contributed by atoms with Crippen LogP contribution in [-0.4, -0.2) is 35.6 Å². The van der Waals surface area contributed by atoms with Crippen LogP contribution in [0.1, 0.15) is 50.7 Å². The molecule has 2 aromatic carbocycles. The summed E-state index contributed by atoms with van der Waals surface area (Å²) in [5, 5.41) is 16.6. The molecule has 0 bridgehead atoms. The van der Waals surface area contributed by atoms with Crippen molar-refractivity contribution in [1.82, 2.24) is 0 Å². The maximum Gasteiger partial charge on any atom is 0.240 e. The Hall–Kier alpha value is -2.88. The number of carbonyl (C=O) groups excluding carboxylic acids is 2. The van der Waals surface area contributed by atoms with Crippen LogP contribution in [0, 0.1) is 0 Å². The van der Waals surface area contributed by atoms with E-state index in [-0.39, 0.29) is 18.6 Å². The Kier molecular flexibility index (Phi) is 11.1. The number of hydrogen-bond acceptors (Lipinski definition) is 6. The topological polar surface area (TPSA) is 99.3 Å². The van der Waals surface area contributed by atoms with Gasteiger partial charge in [-0.15, -0.1) is 0 Å². The summed E-state index contributed by atoms with van der Waals surface area (Å²) in [5.74, 6) is 0. The van der Waals surface area contributed by atoms with E-state index in [1.807, 2.05) is 24.3 Å². The summed E-state index contributed by atoms with van der Waals surface area (Å²) in [6, 6.07) is 14.9. The van der Waals surface area contributed by atoms with Crippen LogP contribution >= 0.6 is 0 Å². The third-order valence-electron chi connectivity index (χ3n) is 4.59. The number of nitrogens with zero attached hydrogens (tertiary/aromatic N) is 2. The van der Waals surface area contributed by atoms with Crippen molar-refractivity contribution in [1.29, 1.82) is 0 Å². The van der Waals surface area contributed by atoms with Gasteiger partial charge in [-0.05, 0) is 48.2 Å². The normalized spacial score (nSPS) is 10.2. The number of aliphatic imine (C=N–C) groups is 2. The molecule has 2 aromatic rings. The van der Waals surface area contributed by atoms with Crippen LogP contribution in [-0.2, 0) is 15.0 Å². The maximum absolute atomic E-state index is 10.2. The molecular weight excluding hydrogens is 368 g/mol. The van der Waals surface area contributed by atoms with Crippen molar-refractivity contribution in [2.75, 3.05) is 13.2 Å². The molecule has 0 aromatic heterocycles. The van der Waals surface area contributed by atoms with Crippen molar-refractivity contribution < 1.29 is 19.8 Å². The lowest BCUT2D eigenvalue weighted by Gasteiger charge is -2.26. The molecule has 0 fully saturated rings. The zero-order valence-corrected chi connectivity index (χ0v) is 17.0. The molecule has 0 radical (unpaired) electrons. The fourth-order valence-corrected chi connectivity index (χ4v) is 2.75. The molecule has 0 atom stereocenters. The first-order chi connectivity index (χ1) is 14.0. The third-order valence-corrected chi connectivity index (χ3v) is 4.59. The average molecular weight is 396 g/mol. The third kappa shape index (κ3) is 8.34. The Labute approximate surface area is 171 Å². The molecule has 6 heteroatoms. The number of aliphatic hydroxyl groups excluding tert-OH is 2. The van der Waals surface area contributed by atoms with Crippen molar-refractivity contribution in [2.24, 2.45) is 9.98 Å². The van der Waals surface area contributed by atoms with Crippen LogP contribution < -0.4 is 0 Å². The van der Waals surface area contributed by atoms with Crippen molar-refractivity contribution in [2.45, 2.75) is 44.9 Å². The first kappa shape index (κ1) is 24.2. The zero-order chi connectivity index (χ0) is 21.5. The highest BCUT2D eigenvalue weighted by molar-refractivity contribution is 5.53. The van der Waals surface area contributed by atoms with E-state index >= 15 is 0 Å². The minimum atomic E-state index is -0.215. The fraction of sp³-hybridized carbons (Fsp3) is 0.391. The van der Waals surface area contributed by atoms with E-state index < -0.39 is 0 Å². The average Bonchev–Trinajstić information content (AvgIpc) is 2.73. The molecule has 29 heavy (non-hydrogen) atoms. The molecule has 0 unspecified atom stereocenters. The van der Waals surface area contributed by atoms with Gasteiger partial charge in [0, 0.05) is 18.6 Å². The van der Waals surface area contributed by atoms with Crippen LogP contribution in [0.4, 0.5) is 11.4 Å². The van der Waals surface area contributed by atoms with E-state index in [0.29, 0.717) is 11.4 Å². The van der Waals surface area contributed by atoms with E-state index in [1.54, 1.807) is 24.3 Å². The summed E-state index contributed by atoms with van der Waals surface area (Å²) in [7, 11) is 0. The molecule has 0 spiro atoms. The van der Waals surface area contributed by atoms with Gasteiger partial charge in [0.25, 0.3) is 0 Å². The van der Waals surface area contributed by atoms with E-state index in [0.717, 1.165) is 36.8 Å². The van der Waals surface area contributed by atoms with Crippen LogP contribution in [0.15, 0.2) is 58.5 Å². The van der Waals surface area contributed by atoms with E-state index in [1.165, 1.54) is 12.2 Å². The Morgan fingerprint density at radius 3 is 1.31 bits per heavy atom. The van der Waals surface area contributed by atoms with E-state index in [9.17, 15) is 9.59 Å². The van der Waals surface area contributed by atoms with Gasteiger partial charge in [-0.2, -0.15) is 9.98 Å². The maximum atomic E-state index is 10.2. The molecule has 0 saturated heterocycles. The lowest BCUT2D eigenvalue weighted by molar-refractivity contribution is 0.265. The van der Waals surface area contributed by atoms with Crippen molar-refractivity contribution in [3.05, 3.63) is 59.7 Å². The lowest BCUT2D eigenvalue weighted by Crippen LogP contribution is -2.18. The van der Waals surface area contributed by atoms with E-state index in [4.69, 9.17) is 10.2 Å².